The molecular formula is C23H26N4O3. The predicted molar refractivity (Wildman–Crippen MR) is 118 cm³/mol. The highest BCUT2D eigenvalue weighted by molar-refractivity contribution is 5.97. The van der Waals surface area contributed by atoms with Gasteiger partial charge in [0.05, 0.1) is 17.2 Å². The van der Waals surface area contributed by atoms with Gasteiger partial charge in [-0.05, 0) is 50.6 Å². The lowest BCUT2D eigenvalue weighted by atomic mass is 10.1. The molecule has 0 bridgehead atoms. The fourth-order valence-corrected chi connectivity index (χ4v) is 3.32. The van der Waals surface area contributed by atoms with Crippen molar-refractivity contribution in [3.05, 3.63) is 70.8 Å². The van der Waals surface area contributed by atoms with E-state index >= 15 is 0 Å². The molecule has 0 saturated carbocycles. The molecule has 30 heavy (non-hydrogen) atoms. The third kappa shape index (κ3) is 4.92. The molecule has 7 nitrogen and oxygen atoms in total. The van der Waals surface area contributed by atoms with Gasteiger partial charge in [-0.25, -0.2) is 4.98 Å². The summed E-state index contributed by atoms with van der Waals surface area (Å²) in [5.74, 6) is -0.219. The van der Waals surface area contributed by atoms with Crippen molar-refractivity contribution in [1.82, 2.24) is 14.5 Å². The van der Waals surface area contributed by atoms with Gasteiger partial charge < -0.3 is 10.2 Å². The van der Waals surface area contributed by atoms with Gasteiger partial charge in [-0.3, -0.25) is 19.0 Å². The number of nitrogens with zero attached hydrogens (tertiary/aromatic N) is 3. The van der Waals surface area contributed by atoms with Crippen LogP contribution in [0.15, 0.2) is 59.7 Å². The number of aromatic nitrogens is 2. The van der Waals surface area contributed by atoms with Crippen molar-refractivity contribution in [2.75, 3.05) is 18.4 Å². The molecule has 0 aliphatic rings. The average Bonchev–Trinajstić information content (AvgIpc) is 2.76. The summed E-state index contributed by atoms with van der Waals surface area (Å²) in [6.07, 6.45) is 2.28. The molecule has 2 aromatic carbocycles. The largest absolute Gasteiger partial charge is 0.339 e. The summed E-state index contributed by atoms with van der Waals surface area (Å²) in [5, 5.41) is 3.40. The van der Waals surface area contributed by atoms with Crippen molar-refractivity contribution in [2.24, 2.45) is 0 Å². The first-order chi connectivity index (χ1) is 14.5. The first-order valence-corrected chi connectivity index (χ1v) is 10.2. The molecule has 0 radical (unpaired) electrons. The minimum Gasteiger partial charge on any atom is -0.339 e. The number of nitrogens with one attached hydrogen (secondary N) is 1. The second kappa shape index (κ2) is 9.82. The van der Waals surface area contributed by atoms with Gasteiger partial charge in [-0.1, -0.05) is 18.2 Å². The van der Waals surface area contributed by atoms with E-state index in [1.807, 2.05) is 26.0 Å². The monoisotopic (exact) mass is 406 g/mol. The normalized spacial score (nSPS) is 10.7. The number of aryl methyl sites for hydroxylation is 1. The smallest absolute Gasteiger partial charge is 0.261 e. The van der Waals surface area contributed by atoms with Gasteiger partial charge in [0.1, 0.15) is 0 Å². The van der Waals surface area contributed by atoms with Crippen LogP contribution in [0.2, 0.25) is 0 Å². The molecule has 7 heteroatoms. The third-order valence-corrected chi connectivity index (χ3v) is 4.98. The molecule has 0 fully saturated rings. The van der Waals surface area contributed by atoms with E-state index in [0.717, 1.165) is 0 Å². The van der Waals surface area contributed by atoms with E-state index in [4.69, 9.17) is 0 Å². The Balaban J connectivity index is 1.58. The van der Waals surface area contributed by atoms with Crippen LogP contribution in [0.25, 0.3) is 10.9 Å². The molecule has 3 aromatic rings. The summed E-state index contributed by atoms with van der Waals surface area (Å²) >= 11 is 0. The fourth-order valence-electron chi connectivity index (χ4n) is 3.32. The molecule has 0 spiro atoms. The predicted octanol–water partition coefficient (Wildman–Crippen LogP) is 3.30. The number of carbonyl (C=O) groups is 2. The number of para-hydroxylation sites is 1. The fraction of sp³-hybridized carbons (Fsp3) is 0.304. The van der Waals surface area contributed by atoms with Gasteiger partial charge in [0, 0.05) is 37.3 Å². The van der Waals surface area contributed by atoms with Gasteiger partial charge in [-0.15, -0.1) is 0 Å². The first kappa shape index (κ1) is 21.2. The number of fused-ring (bicyclic) bond motifs is 1. The summed E-state index contributed by atoms with van der Waals surface area (Å²) in [6, 6.07) is 14.2. The number of amides is 2. The summed E-state index contributed by atoms with van der Waals surface area (Å²) in [7, 11) is 0. The lowest BCUT2D eigenvalue weighted by Crippen LogP contribution is -2.30. The highest BCUT2D eigenvalue weighted by Crippen LogP contribution is 2.14. The van der Waals surface area contributed by atoms with Crippen molar-refractivity contribution in [3.8, 4) is 0 Å². The summed E-state index contributed by atoms with van der Waals surface area (Å²) in [4.78, 5) is 43.3. The Bertz CT molecular complexity index is 1100. The van der Waals surface area contributed by atoms with Crippen LogP contribution in [0.1, 0.15) is 37.0 Å². The number of hydrogen-bond donors (Lipinski definition) is 1. The van der Waals surface area contributed by atoms with Crippen molar-refractivity contribution in [2.45, 2.75) is 33.2 Å². The Morgan fingerprint density at radius 1 is 1.07 bits per heavy atom. The van der Waals surface area contributed by atoms with Crippen LogP contribution in [0, 0.1) is 0 Å². The maximum atomic E-state index is 12.5. The number of hydrogen-bond acceptors (Lipinski definition) is 4. The summed E-state index contributed by atoms with van der Waals surface area (Å²) < 4.78 is 1.53. The highest BCUT2D eigenvalue weighted by atomic mass is 16.2. The standard InChI is InChI=1S/C23H26N4O3/c1-3-26(4-2)22(29)17-9-7-10-18(15-17)25-21(28)13-8-14-27-16-24-20-12-6-5-11-19(20)23(27)30/h5-7,9-12,15-16H,3-4,8,13-14H2,1-2H3,(H,25,28). The van der Waals surface area contributed by atoms with E-state index in [0.29, 0.717) is 48.2 Å². The van der Waals surface area contributed by atoms with Gasteiger partial charge in [-0.2, -0.15) is 0 Å². The Morgan fingerprint density at radius 3 is 2.60 bits per heavy atom. The van der Waals surface area contributed by atoms with Crippen molar-refractivity contribution in [1.29, 1.82) is 0 Å². The van der Waals surface area contributed by atoms with Gasteiger partial charge >= 0.3 is 0 Å². The molecule has 1 N–H and O–H groups in total. The van der Waals surface area contributed by atoms with Crippen LogP contribution in [0.3, 0.4) is 0 Å². The molecule has 156 valence electrons. The Labute approximate surface area is 175 Å². The van der Waals surface area contributed by atoms with Crippen LogP contribution in [0.4, 0.5) is 5.69 Å². The molecule has 1 aromatic heterocycles. The van der Waals surface area contributed by atoms with Crippen molar-refractivity contribution < 1.29 is 9.59 Å². The molecule has 0 unspecified atom stereocenters. The van der Waals surface area contributed by atoms with E-state index < -0.39 is 0 Å². The molecule has 0 aliphatic heterocycles. The zero-order valence-electron chi connectivity index (χ0n) is 17.3. The quantitative estimate of drug-likeness (QED) is 0.622. The summed E-state index contributed by atoms with van der Waals surface area (Å²) in [5.41, 5.74) is 1.69. The molecule has 0 aliphatic carbocycles. The van der Waals surface area contributed by atoms with E-state index in [9.17, 15) is 14.4 Å². The van der Waals surface area contributed by atoms with Gasteiger partial charge in [0.15, 0.2) is 0 Å². The van der Waals surface area contributed by atoms with E-state index in [1.54, 1.807) is 41.3 Å². The maximum Gasteiger partial charge on any atom is 0.261 e. The Kier molecular flexibility index (Phi) is 6.95. The lowest BCUT2D eigenvalue weighted by Gasteiger charge is -2.19. The van der Waals surface area contributed by atoms with Crippen LogP contribution < -0.4 is 10.9 Å². The molecular weight excluding hydrogens is 380 g/mol. The van der Waals surface area contributed by atoms with Gasteiger partial charge in [0.2, 0.25) is 5.91 Å². The minimum atomic E-state index is -0.163. The van der Waals surface area contributed by atoms with Gasteiger partial charge in [0.25, 0.3) is 11.5 Å². The topological polar surface area (TPSA) is 84.3 Å². The van der Waals surface area contributed by atoms with Crippen molar-refractivity contribution >= 4 is 28.4 Å². The molecule has 3 rings (SSSR count). The molecule has 0 saturated heterocycles. The molecule has 0 atom stereocenters. The number of anilines is 1. The third-order valence-electron chi connectivity index (χ3n) is 4.98. The second-order valence-electron chi connectivity index (χ2n) is 6.97. The highest BCUT2D eigenvalue weighted by Gasteiger charge is 2.13. The van der Waals surface area contributed by atoms with E-state index in [2.05, 4.69) is 10.3 Å². The summed E-state index contributed by atoms with van der Waals surface area (Å²) in [6.45, 7) is 5.54. The number of carbonyl (C=O) groups excluding carboxylic acids is 2. The van der Waals surface area contributed by atoms with Crippen LogP contribution in [-0.2, 0) is 11.3 Å². The first-order valence-electron chi connectivity index (χ1n) is 10.2. The average molecular weight is 406 g/mol. The van der Waals surface area contributed by atoms with E-state index in [-0.39, 0.29) is 23.8 Å². The molecule has 1 heterocycles. The van der Waals surface area contributed by atoms with Crippen LogP contribution in [0.5, 0.6) is 0 Å². The minimum absolute atomic E-state index is 0.0562. The number of benzene rings is 2. The zero-order valence-corrected chi connectivity index (χ0v) is 17.3. The Hall–Kier alpha value is -3.48. The Morgan fingerprint density at radius 2 is 1.83 bits per heavy atom. The SMILES string of the molecule is CCN(CC)C(=O)c1cccc(NC(=O)CCCn2cnc3ccccc3c2=O)c1. The van der Waals surface area contributed by atoms with Crippen LogP contribution in [-0.4, -0.2) is 39.4 Å². The lowest BCUT2D eigenvalue weighted by molar-refractivity contribution is -0.116. The maximum absolute atomic E-state index is 12.5. The van der Waals surface area contributed by atoms with Crippen LogP contribution >= 0.6 is 0 Å². The number of rotatable bonds is 8. The molecule has 2 amide bonds. The second-order valence-corrected chi connectivity index (χ2v) is 6.97. The van der Waals surface area contributed by atoms with Crippen molar-refractivity contribution in [3.63, 3.8) is 0 Å². The zero-order chi connectivity index (χ0) is 21.5. The van der Waals surface area contributed by atoms with E-state index in [1.165, 1.54) is 10.9 Å².